The molecule has 0 radical (unpaired) electrons. The molecule has 22 heavy (non-hydrogen) atoms. The third-order valence-corrected chi connectivity index (χ3v) is 5.19. The molecule has 0 spiro atoms. The van der Waals surface area contributed by atoms with Crippen LogP contribution in [0.1, 0.15) is 55.0 Å². The van der Waals surface area contributed by atoms with Crippen LogP contribution >= 0.6 is 11.3 Å². The van der Waals surface area contributed by atoms with Crippen molar-refractivity contribution in [3.8, 4) is 0 Å². The summed E-state index contributed by atoms with van der Waals surface area (Å²) in [5, 5.41) is 3.12. The van der Waals surface area contributed by atoms with Gasteiger partial charge in [-0.25, -0.2) is 4.98 Å². The van der Waals surface area contributed by atoms with Crippen LogP contribution in [0.2, 0.25) is 0 Å². The van der Waals surface area contributed by atoms with Gasteiger partial charge in [-0.3, -0.25) is 9.78 Å². The fourth-order valence-corrected chi connectivity index (χ4v) is 3.71. The maximum atomic E-state index is 12.6. The van der Waals surface area contributed by atoms with Crippen LogP contribution in [0.25, 0.3) is 0 Å². The first-order valence-corrected chi connectivity index (χ1v) is 8.68. The molecule has 4 nitrogen and oxygen atoms in total. The molecule has 5 heteroatoms. The summed E-state index contributed by atoms with van der Waals surface area (Å²) in [6, 6.07) is 6.03. The standard InChI is InChI=1S/C17H21N3OS/c1-12(2)17-19-13(11-22-17)10-16(21)20-9-5-7-15(20)14-6-3-4-8-18-14/h3-4,6,8,11-12,15H,5,7,9-10H2,1-2H3. The van der Waals surface area contributed by atoms with E-state index in [1.807, 2.05) is 28.5 Å². The molecular weight excluding hydrogens is 294 g/mol. The van der Waals surface area contributed by atoms with Crippen LogP contribution in [0.5, 0.6) is 0 Å². The number of hydrogen-bond donors (Lipinski definition) is 0. The highest BCUT2D eigenvalue weighted by atomic mass is 32.1. The van der Waals surface area contributed by atoms with Crippen molar-refractivity contribution in [2.45, 2.75) is 45.1 Å². The van der Waals surface area contributed by atoms with Crippen LogP contribution in [0.4, 0.5) is 0 Å². The molecule has 2 aromatic heterocycles. The van der Waals surface area contributed by atoms with Gasteiger partial charge in [0.15, 0.2) is 0 Å². The van der Waals surface area contributed by atoms with Crippen molar-refractivity contribution in [1.29, 1.82) is 0 Å². The second kappa shape index (κ2) is 6.57. The van der Waals surface area contributed by atoms with Crippen molar-refractivity contribution in [3.05, 3.63) is 46.2 Å². The van der Waals surface area contributed by atoms with Crippen LogP contribution < -0.4 is 0 Å². The van der Waals surface area contributed by atoms with Crippen molar-refractivity contribution >= 4 is 17.2 Å². The largest absolute Gasteiger partial charge is 0.334 e. The maximum absolute atomic E-state index is 12.6. The van der Waals surface area contributed by atoms with Gasteiger partial charge >= 0.3 is 0 Å². The van der Waals surface area contributed by atoms with Gasteiger partial charge < -0.3 is 4.90 Å². The number of carbonyl (C=O) groups is 1. The highest BCUT2D eigenvalue weighted by Crippen LogP contribution is 2.31. The monoisotopic (exact) mass is 315 g/mol. The third-order valence-electron chi connectivity index (χ3n) is 4.00. The second-order valence-electron chi connectivity index (χ2n) is 6.01. The van der Waals surface area contributed by atoms with Crippen LogP contribution in [0.15, 0.2) is 29.8 Å². The van der Waals surface area contributed by atoms with E-state index in [0.717, 1.165) is 35.8 Å². The van der Waals surface area contributed by atoms with Gasteiger partial charge in [0.1, 0.15) is 0 Å². The predicted molar refractivity (Wildman–Crippen MR) is 87.8 cm³/mol. The molecule has 2 aromatic rings. The summed E-state index contributed by atoms with van der Waals surface area (Å²) in [5.41, 5.74) is 1.89. The first kappa shape index (κ1) is 15.2. The Morgan fingerprint density at radius 2 is 2.32 bits per heavy atom. The number of thiazole rings is 1. The average Bonchev–Trinajstić information content (AvgIpc) is 3.17. The van der Waals surface area contributed by atoms with Crippen molar-refractivity contribution in [2.75, 3.05) is 6.54 Å². The lowest BCUT2D eigenvalue weighted by atomic mass is 10.1. The van der Waals surface area contributed by atoms with Crippen molar-refractivity contribution in [2.24, 2.45) is 0 Å². The van der Waals surface area contributed by atoms with Gasteiger partial charge in [-0.15, -0.1) is 11.3 Å². The summed E-state index contributed by atoms with van der Waals surface area (Å²) in [7, 11) is 0. The second-order valence-corrected chi connectivity index (χ2v) is 6.90. The molecule has 0 aromatic carbocycles. The zero-order valence-corrected chi connectivity index (χ0v) is 13.8. The Morgan fingerprint density at radius 3 is 3.00 bits per heavy atom. The number of rotatable bonds is 4. The number of hydrogen-bond acceptors (Lipinski definition) is 4. The predicted octanol–water partition coefficient (Wildman–Crippen LogP) is 3.57. The molecule has 116 valence electrons. The quantitative estimate of drug-likeness (QED) is 0.866. The lowest BCUT2D eigenvalue weighted by Gasteiger charge is -2.24. The zero-order chi connectivity index (χ0) is 15.5. The summed E-state index contributed by atoms with van der Waals surface area (Å²) in [6.45, 7) is 5.07. The maximum Gasteiger partial charge on any atom is 0.229 e. The molecular formula is C17H21N3OS. The van der Waals surface area contributed by atoms with E-state index < -0.39 is 0 Å². The molecule has 3 rings (SSSR count). The van der Waals surface area contributed by atoms with E-state index in [2.05, 4.69) is 23.8 Å². The minimum atomic E-state index is 0.122. The van der Waals surface area contributed by atoms with E-state index >= 15 is 0 Å². The number of aromatic nitrogens is 2. The topological polar surface area (TPSA) is 46.1 Å². The van der Waals surface area contributed by atoms with E-state index in [9.17, 15) is 4.79 Å². The molecule has 0 saturated carbocycles. The Morgan fingerprint density at radius 1 is 1.45 bits per heavy atom. The van der Waals surface area contributed by atoms with E-state index in [4.69, 9.17) is 0 Å². The molecule has 0 aliphatic carbocycles. The van der Waals surface area contributed by atoms with E-state index in [1.165, 1.54) is 0 Å². The van der Waals surface area contributed by atoms with Crippen molar-refractivity contribution in [3.63, 3.8) is 0 Å². The molecule has 3 heterocycles. The number of amides is 1. The molecule has 1 aliphatic heterocycles. The Bertz CT molecular complexity index is 638. The van der Waals surface area contributed by atoms with Gasteiger partial charge in [0.25, 0.3) is 0 Å². The summed E-state index contributed by atoms with van der Waals surface area (Å²) < 4.78 is 0. The van der Waals surface area contributed by atoms with Crippen molar-refractivity contribution < 1.29 is 4.79 Å². The molecule has 1 amide bonds. The SMILES string of the molecule is CC(C)c1nc(CC(=O)N2CCCC2c2ccccn2)cs1. The molecule has 1 fully saturated rings. The Balaban J connectivity index is 1.70. The minimum absolute atomic E-state index is 0.122. The Kier molecular flexibility index (Phi) is 4.52. The fourth-order valence-electron chi connectivity index (χ4n) is 2.87. The van der Waals surface area contributed by atoms with Crippen molar-refractivity contribution in [1.82, 2.24) is 14.9 Å². The van der Waals surface area contributed by atoms with E-state index in [0.29, 0.717) is 12.3 Å². The fraction of sp³-hybridized carbons (Fsp3) is 0.471. The minimum Gasteiger partial charge on any atom is -0.334 e. The smallest absolute Gasteiger partial charge is 0.229 e. The van der Waals surface area contributed by atoms with Gasteiger partial charge in [0, 0.05) is 24.0 Å². The Labute approximate surface area is 135 Å². The zero-order valence-electron chi connectivity index (χ0n) is 13.0. The summed E-state index contributed by atoms with van der Waals surface area (Å²) in [6.07, 6.45) is 4.23. The lowest BCUT2D eigenvalue weighted by Crippen LogP contribution is -2.32. The molecule has 1 aliphatic rings. The van der Waals surface area contributed by atoms with E-state index in [1.54, 1.807) is 17.5 Å². The molecule has 1 unspecified atom stereocenters. The van der Waals surface area contributed by atoms with Gasteiger partial charge in [-0.05, 0) is 25.0 Å². The van der Waals surface area contributed by atoms with Gasteiger partial charge in [-0.2, -0.15) is 0 Å². The van der Waals surface area contributed by atoms with Gasteiger partial charge in [0.2, 0.25) is 5.91 Å². The van der Waals surface area contributed by atoms with Gasteiger partial charge in [-0.1, -0.05) is 19.9 Å². The van der Waals surface area contributed by atoms with E-state index in [-0.39, 0.29) is 11.9 Å². The van der Waals surface area contributed by atoms with Gasteiger partial charge in [0.05, 0.1) is 28.9 Å². The first-order valence-electron chi connectivity index (χ1n) is 7.80. The summed E-state index contributed by atoms with van der Waals surface area (Å²) in [5.74, 6) is 0.579. The average molecular weight is 315 g/mol. The summed E-state index contributed by atoms with van der Waals surface area (Å²) in [4.78, 5) is 23.6. The Hall–Kier alpha value is -1.75. The molecule has 1 saturated heterocycles. The highest BCUT2D eigenvalue weighted by molar-refractivity contribution is 7.09. The molecule has 0 N–H and O–H groups in total. The highest BCUT2D eigenvalue weighted by Gasteiger charge is 2.30. The normalized spacial score (nSPS) is 18.1. The molecule has 1 atom stereocenters. The first-order chi connectivity index (χ1) is 10.6. The third kappa shape index (κ3) is 3.19. The summed E-state index contributed by atoms with van der Waals surface area (Å²) >= 11 is 1.65. The number of carbonyl (C=O) groups excluding carboxylic acids is 1. The van der Waals surface area contributed by atoms with Crippen LogP contribution in [-0.2, 0) is 11.2 Å². The number of likely N-dealkylation sites (tertiary alicyclic amines) is 1. The van der Waals surface area contributed by atoms with Crippen LogP contribution in [0.3, 0.4) is 0 Å². The number of nitrogens with zero attached hydrogens (tertiary/aromatic N) is 3. The molecule has 0 bridgehead atoms. The van der Waals surface area contributed by atoms with Crippen LogP contribution in [0, 0.1) is 0 Å². The van der Waals surface area contributed by atoms with Crippen LogP contribution in [-0.4, -0.2) is 27.3 Å². The number of pyridine rings is 1. The lowest BCUT2D eigenvalue weighted by molar-refractivity contribution is -0.131.